The smallest absolute Gasteiger partial charge is 0.217 e. The van der Waals surface area contributed by atoms with E-state index in [9.17, 15) is 13.5 Å². The number of hydrogen-bond acceptors (Lipinski definition) is 4. The molecule has 96 valence electrons. The van der Waals surface area contributed by atoms with Crippen molar-refractivity contribution in [2.24, 2.45) is 5.73 Å². The first-order chi connectivity index (χ1) is 7.29. The van der Waals surface area contributed by atoms with Crippen LogP contribution in [0.2, 0.25) is 0 Å². The predicted molar refractivity (Wildman–Crippen MR) is 63.5 cm³/mol. The summed E-state index contributed by atoms with van der Waals surface area (Å²) in [6.07, 6.45) is 1.84. The second kappa shape index (κ2) is 5.00. The van der Waals surface area contributed by atoms with Crippen LogP contribution in [-0.2, 0) is 10.0 Å². The van der Waals surface area contributed by atoms with Gasteiger partial charge >= 0.3 is 0 Å². The molecule has 1 aliphatic rings. The lowest BCUT2D eigenvalue weighted by molar-refractivity contribution is 0.0465. The molecular formula is C10H22N2O3S. The number of rotatable bonds is 3. The molecule has 0 spiro atoms. The van der Waals surface area contributed by atoms with Crippen molar-refractivity contribution in [1.29, 1.82) is 0 Å². The maximum atomic E-state index is 12.0. The average Bonchev–Trinajstić information content (AvgIpc) is 2.38. The molecule has 2 unspecified atom stereocenters. The van der Waals surface area contributed by atoms with Gasteiger partial charge in [0.2, 0.25) is 10.0 Å². The number of hydrogen-bond donors (Lipinski definition) is 2. The molecule has 0 bridgehead atoms. The molecule has 1 saturated heterocycles. The molecular weight excluding hydrogens is 228 g/mol. The summed E-state index contributed by atoms with van der Waals surface area (Å²) in [4.78, 5) is 0. The van der Waals surface area contributed by atoms with Crippen LogP contribution in [0.25, 0.3) is 0 Å². The highest BCUT2D eigenvalue weighted by Crippen LogP contribution is 2.23. The van der Waals surface area contributed by atoms with Gasteiger partial charge in [-0.05, 0) is 33.1 Å². The molecule has 0 aromatic heterocycles. The first-order valence-electron chi connectivity index (χ1n) is 5.71. The zero-order valence-corrected chi connectivity index (χ0v) is 10.8. The molecule has 0 radical (unpaired) electrons. The van der Waals surface area contributed by atoms with Crippen molar-refractivity contribution in [3.63, 3.8) is 0 Å². The van der Waals surface area contributed by atoms with Crippen LogP contribution in [0, 0.1) is 0 Å². The highest BCUT2D eigenvalue weighted by molar-refractivity contribution is 7.89. The van der Waals surface area contributed by atoms with Gasteiger partial charge in [-0.1, -0.05) is 0 Å². The average molecular weight is 250 g/mol. The fraction of sp³-hybridized carbons (Fsp3) is 1.00. The Morgan fingerprint density at radius 1 is 1.44 bits per heavy atom. The van der Waals surface area contributed by atoms with Gasteiger partial charge in [-0.15, -0.1) is 0 Å². The summed E-state index contributed by atoms with van der Waals surface area (Å²) in [7, 11) is -3.29. The fourth-order valence-electron chi connectivity index (χ4n) is 1.87. The summed E-state index contributed by atoms with van der Waals surface area (Å²) >= 11 is 0. The van der Waals surface area contributed by atoms with E-state index in [4.69, 9.17) is 5.73 Å². The molecule has 1 rings (SSSR count). The van der Waals surface area contributed by atoms with Crippen LogP contribution in [0.1, 0.15) is 33.1 Å². The number of aliphatic hydroxyl groups is 1. The fourth-order valence-corrected chi connectivity index (χ4v) is 3.35. The lowest BCUT2D eigenvalue weighted by Crippen LogP contribution is -2.41. The van der Waals surface area contributed by atoms with Crippen LogP contribution in [0.5, 0.6) is 0 Å². The van der Waals surface area contributed by atoms with E-state index in [1.54, 1.807) is 13.8 Å². The molecule has 0 aliphatic carbocycles. The number of nitrogens with two attached hydrogens (primary N) is 1. The van der Waals surface area contributed by atoms with Crippen LogP contribution in [0.3, 0.4) is 0 Å². The Balaban J connectivity index is 2.75. The van der Waals surface area contributed by atoms with E-state index < -0.39 is 20.9 Å². The molecule has 6 heteroatoms. The van der Waals surface area contributed by atoms with Crippen molar-refractivity contribution in [3.05, 3.63) is 0 Å². The van der Waals surface area contributed by atoms with E-state index in [0.717, 1.165) is 0 Å². The molecule has 1 aliphatic heterocycles. The van der Waals surface area contributed by atoms with Crippen LogP contribution in [-0.4, -0.2) is 48.3 Å². The Kier molecular flexibility index (Phi) is 4.34. The normalized spacial score (nSPS) is 31.0. The Morgan fingerprint density at radius 3 is 2.62 bits per heavy atom. The minimum atomic E-state index is -3.29. The Hall–Kier alpha value is -0.170. The summed E-state index contributed by atoms with van der Waals surface area (Å²) in [5.74, 6) is 0. The van der Waals surface area contributed by atoms with Crippen LogP contribution in [0.4, 0.5) is 0 Å². The van der Waals surface area contributed by atoms with E-state index in [2.05, 4.69) is 0 Å². The molecule has 0 amide bonds. The molecule has 0 aromatic rings. The van der Waals surface area contributed by atoms with Crippen molar-refractivity contribution in [3.8, 4) is 0 Å². The third-order valence-electron chi connectivity index (χ3n) is 3.22. The van der Waals surface area contributed by atoms with Crippen molar-refractivity contribution in [2.75, 3.05) is 19.6 Å². The molecule has 2 atom stereocenters. The summed E-state index contributed by atoms with van der Waals surface area (Å²) in [6.45, 7) is 4.39. The van der Waals surface area contributed by atoms with Crippen molar-refractivity contribution < 1.29 is 13.5 Å². The van der Waals surface area contributed by atoms with E-state index in [-0.39, 0.29) is 6.54 Å². The lowest BCUT2D eigenvalue weighted by atomic mass is 9.98. The summed E-state index contributed by atoms with van der Waals surface area (Å²) < 4.78 is 25.6. The first kappa shape index (κ1) is 13.9. The second-order valence-electron chi connectivity index (χ2n) is 4.84. The van der Waals surface area contributed by atoms with E-state index in [0.29, 0.717) is 32.4 Å². The maximum Gasteiger partial charge on any atom is 0.217 e. The third kappa shape index (κ3) is 3.16. The first-order valence-corrected chi connectivity index (χ1v) is 7.21. The number of sulfonamides is 1. The largest absolute Gasteiger partial charge is 0.390 e. The maximum absolute atomic E-state index is 12.0. The molecule has 0 aromatic carbocycles. The lowest BCUT2D eigenvalue weighted by Gasteiger charge is -2.24. The topological polar surface area (TPSA) is 83.6 Å². The van der Waals surface area contributed by atoms with Crippen molar-refractivity contribution >= 4 is 10.0 Å². The van der Waals surface area contributed by atoms with Gasteiger partial charge in [-0.2, -0.15) is 0 Å². The van der Waals surface area contributed by atoms with Gasteiger partial charge in [0.15, 0.2) is 0 Å². The van der Waals surface area contributed by atoms with Gasteiger partial charge in [-0.3, -0.25) is 0 Å². The molecule has 3 N–H and O–H groups in total. The highest BCUT2D eigenvalue weighted by atomic mass is 32.2. The predicted octanol–water partition coefficient (Wildman–Crippen LogP) is -0.0997. The summed E-state index contributed by atoms with van der Waals surface area (Å²) in [5, 5.41) is 9.34. The summed E-state index contributed by atoms with van der Waals surface area (Å²) in [6, 6.07) is 0. The van der Waals surface area contributed by atoms with Crippen LogP contribution in [0.15, 0.2) is 0 Å². The van der Waals surface area contributed by atoms with Gasteiger partial charge in [-0.25, -0.2) is 12.7 Å². The minimum Gasteiger partial charge on any atom is -0.390 e. The monoisotopic (exact) mass is 250 g/mol. The molecule has 16 heavy (non-hydrogen) atoms. The molecule has 1 fully saturated rings. The second-order valence-corrected chi connectivity index (χ2v) is 7.19. The zero-order chi connectivity index (χ0) is 12.4. The molecule has 5 nitrogen and oxygen atoms in total. The quantitative estimate of drug-likeness (QED) is 0.732. The minimum absolute atomic E-state index is 0.134. The van der Waals surface area contributed by atoms with E-state index in [1.807, 2.05) is 0 Å². The standard InChI is InChI=1S/C10H22N2O3S/c1-9(8-11)16(14,15)12-6-3-4-10(2,13)5-7-12/h9,13H,3-8,11H2,1-2H3. The Bertz CT molecular complexity index is 327. The van der Waals surface area contributed by atoms with Gasteiger partial charge in [0, 0.05) is 19.6 Å². The highest BCUT2D eigenvalue weighted by Gasteiger charge is 2.32. The van der Waals surface area contributed by atoms with Gasteiger partial charge in [0.25, 0.3) is 0 Å². The Morgan fingerprint density at radius 2 is 2.06 bits per heavy atom. The summed E-state index contributed by atoms with van der Waals surface area (Å²) in [5.41, 5.74) is 4.66. The van der Waals surface area contributed by atoms with Crippen LogP contribution < -0.4 is 5.73 Å². The van der Waals surface area contributed by atoms with Crippen LogP contribution >= 0.6 is 0 Å². The number of nitrogens with zero attached hydrogens (tertiary/aromatic N) is 1. The Labute approximate surface area is 97.7 Å². The SMILES string of the molecule is CC(CN)S(=O)(=O)N1CCCC(C)(O)CC1. The van der Waals surface area contributed by atoms with E-state index >= 15 is 0 Å². The molecule has 0 saturated carbocycles. The van der Waals surface area contributed by atoms with Gasteiger partial charge in [0.1, 0.15) is 0 Å². The van der Waals surface area contributed by atoms with Gasteiger partial charge < -0.3 is 10.8 Å². The van der Waals surface area contributed by atoms with Crippen molar-refractivity contribution in [2.45, 2.75) is 44.0 Å². The molecule has 1 heterocycles. The third-order valence-corrected chi connectivity index (χ3v) is 5.52. The zero-order valence-electron chi connectivity index (χ0n) is 10.0. The van der Waals surface area contributed by atoms with Gasteiger partial charge in [0.05, 0.1) is 10.9 Å². The van der Waals surface area contributed by atoms with Crippen molar-refractivity contribution in [1.82, 2.24) is 4.31 Å². The van der Waals surface area contributed by atoms with E-state index in [1.165, 1.54) is 4.31 Å².